The first-order valence-corrected chi connectivity index (χ1v) is 5.54. The number of rotatable bonds is 0. The van der Waals surface area contributed by atoms with Gasteiger partial charge in [-0.1, -0.05) is 6.08 Å². The van der Waals surface area contributed by atoms with E-state index in [2.05, 4.69) is 5.32 Å². The average Bonchev–Trinajstić information content (AvgIpc) is 2.81. The highest BCUT2D eigenvalue weighted by atomic mass is 17.2. The van der Waals surface area contributed by atoms with Crippen molar-refractivity contribution in [3.05, 3.63) is 12.2 Å². The van der Waals surface area contributed by atoms with Gasteiger partial charge in [0.25, 0.3) is 0 Å². The summed E-state index contributed by atoms with van der Waals surface area (Å²) in [6, 6.07) is 0. The van der Waals surface area contributed by atoms with E-state index in [0.29, 0.717) is 6.61 Å². The van der Waals surface area contributed by atoms with E-state index in [1.165, 1.54) is 0 Å². The standard InChI is InChI=1S/C11H15NO3/c13-9-1-2-10(12-9)3-5-11(6-4-10)7-8-14-15-11/h1-2H,3-8H2,(H,12,13). The van der Waals surface area contributed by atoms with Gasteiger partial charge in [-0.15, -0.1) is 0 Å². The summed E-state index contributed by atoms with van der Waals surface area (Å²) in [4.78, 5) is 21.6. The molecule has 0 radical (unpaired) electrons. The van der Waals surface area contributed by atoms with Crippen LogP contribution in [0.15, 0.2) is 12.2 Å². The van der Waals surface area contributed by atoms with Gasteiger partial charge in [0, 0.05) is 12.5 Å². The van der Waals surface area contributed by atoms with Crippen LogP contribution >= 0.6 is 0 Å². The van der Waals surface area contributed by atoms with Crippen LogP contribution < -0.4 is 5.32 Å². The molecule has 0 atom stereocenters. The van der Waals surface area contributed by atoms with Crippen LogP contribution in [-0.2, 0) is 14.6 Å². The first-order valence-electron chi connectivity index (χ1n) is 5.54. The predicted molar refractivity (Wildman–Crippen MR) is 52.9 cm³/mol. The van der Waals surface area contributed by atoms with Gasteiger partial charge in [0.15, 0.2) is 0 Å². The molecule has 4 heteroatoms. The number of hydrogen-bond acceptors (Lipinski definition) is 3. The van der Waals surface area contributed by atoms with E-state index in [-0.39, 0.29) is 17.0 Å². The van der Waals surface area contributed by atoms with E-state index in [1.54, 1.807) is 6.08 Å². The van der Waals surface area contributed by atoms with Crippen LogP contribution in [0.2, 0.25) is 0 Å². The molecule has 0 aromatic rings. The summed E-state index contributed by atoms with van der Waals surface area (Å²) in [5.74, 6) is 0.0366. The molecule has 4 nitrogen and oxygen atoms in total. The summed E-state index contributed by atoms with van der Waals surface area (Å²) in [5.41, 5.74) is -0.152. The number of nitrogens with one attached hydrogen (secondary N) is 1. The Kier molecular flexibility index (Phi) is 1.91. The fraction of sp³-hybridized carbons (Fsp3) is 0.727. The van der Waals surface area contributed by atoms with Crippen LogP contribution in [-0.4, -0.2) is 23.7 Å². The van der Waals surface area contributed by atoms with Crippen molar-refractivity contribution in [2.45, 2.75) is 43.2 Å². The number of carbonyl (C=O) groups excluding carboxylic acids is 1. The van der Waals surface area contributed by atoms with Crippen molar-refractivity contribution in [3.63, 3.8) is 0 Å². The molecule has 1 saturated carbocycles. The maximum atomic E-state index is 11.2. The molecule has 1 amide bonds. The lowest BCUT2D eigenvalue weighted by Gasteiger charge is -2.40. The lowest BCUT2D eigenvalue weighted by atomic mass is 9.73. The van der Waals surface area contributed by atoms with Gasteiger partial charge in [-0.05, 0) is 25.7 Å². The Hall–Kier alpha value is -0.870. The Morgan fingerprint density at radius 2 is 2.00 bits per heavy atom. The topological polar surface area (TPSA) is 47.6 Å². The maximum Gasteiger partial charge on any atom is 0.244 e. The van der Waals surface area contributed by atoms with Gasteiger partial charge >= 0.3 is 0 Å². The number of amides is 1. The van der Waals surface area contributed by atoms with E-state index in [1.807, 2.05) is 6.08 Å². The van der Waals surface area contributed by atoms with Crippen LogP contribution in [0.3, 0.4) is 0 Å². The van der Waals surface area contributed by atoms with Crippen molar-refractivity contribution < 1.29 is 14.6 Å². The van der Waals surface area contributed by atoms with E-state index < -0.39 is 0 Å². The van der Waals surface area contributed by atoms with E-state index >= 15 is 0 Å². The molecule has 0 bridgehead atoms. The normalized spacial score (nSPS) is 44.1. The zero-order valence-corrected chi connectivity index (χ0v) is 8.62. The maximum absolute atomic E-state index is 11.2. The smallest absolute Gasteiger partial charge is 0.244 e. The van der Waals surface area contributed by atoms with Crippen molar-refractivity contribution >= 4 is 5.91 Å². The fourth-order valence-corrected chi connectivity index (χ4v) is 2.78. The fourth-order valence-electron chi connectivity index (χ4n) is 2.78. The monoisotopic (exact) mass is 209 g/mol. The quantitative estimate of drug-likeness (QED) is 0.607. The molecule has 0 aromatic carbocycles. The molecule has 2 aliphatic heterocycles. The zero-order valence-electron chi connectivity index (χ0n) is 8.62. The van der Waals surface area contributed by atoms with Crippen LogP contribution in [0.5, 0.6) is 0 Å². The molecule has 1 saturated heterocycles. The predicted octanol–water partition coefficient (Wildman–Crippen LogP) is 1.08. The highest BCUT2D eigenvalue weighted by molar-refractivity contribution is 5.91. The summed E-state index contributed by atoms with van der Waals surface area (Å²) in [5, 5.41) is 3.03. The number of carbonyl (C=O) groups is 1. The summed E-state index contributed by atoms with van der Waals surface area (Å²) in [6.07, 6.45) is 8.50. The van der Waals surface area contributed by atoms with E-state index in [4.69, 9.17) is 9.78 Å². The molecule has 1 N–H and O–H groups in total. The Morgan fingerprint density at radius 1 is 1.20 bits per heavy atom. The summed E-state index contributed by atoms with van der Waals surface area (Å²) < 4.78 is 0. The summed E-state index contributed by atoms with van der Waals surface area (Å²) in [7, 11) is 0. The number of hydrogen-bond donors (Lipinski definition) is 1. The minimum absolute atomic E-state index is 0.0366. The Bertz CT molecular complexity index is 308. The minimum Gasteiger partial charge on any atom is -0.344 e. The third-order valence-corrected chi connectivity index (χ3v) is 3.86. The zero-order chi connectivity index (χ0) is 10.4. The van der Waals surface area contributed by atoms with Crippen molar-refractivity contribution in [1.29, 1.82) is 0 Å². The first kappa shape index (κ1) is 9.36. The largest absolute Gasteiger partial charge is 0.344 e. The third kappa shape index (κ3) is 1.48. The third-order valence-electron chi connectivity index (χ3n) is 3.86. The highest BCUT2D eigenvalue weighted by Gasteiger charge is 2.47. The highest BCUT2D eigenvalue weighted by Crippen LogP contribution is 2.43. The molecule has 0 unspecified atom stereocenters. The SMILES string of the molecule is O=C1C=CC2(CCC3(CCOO3)CC2)N1. The molecule has 2 spiro atoms. The Balaban J connectivity index is 1.70. The Morgan fingerprint density at radius 3 is 2.53 bits per heavy atom. The van der Waals surface area contributed by atoms with Gasteiger partial charge in [-0.3, -0.25) is 4.79 Å². The van der Waals surface area contributed by atoms with Gasteiger partial charge < -0.3 is 5.32 Å². The van der Waals surface area contributed by atoms with Crippen LogP contribution in [0, 0.1) is 0 Å². The first-order chi connectivity index (χ1) is 7.22. The second kappa shape index (κ2) is 3.06. The van der Waals surface area contributed by atoms with E-state index in [9.17, 15) is 4.79 Å². The van der Waals surface area contributed by atoms with Gasteiger partial charge in [-0.2, -0.15) is 0 Å². The van der Waals surface area contributed by atoms with Crippen LogP contribution in [0.4, 0.5) is 0 Å². The van der Waals surface area contributed by atoms with Crippen LogP contribution in [0.1, 0.15) is 32.1 Å². The second-order valence-corrected chi connectivity index (χ2v) is 4.82. The summed E-state index contributed by atoms with van der Waals surface area (Å²) in [6.45, 7) is 0.704. The molecular formula is C11H15NO3. The molecule has 82 valence electrons. The molecule has 0 aromatic heterocycles. The van der Waals surface area contributed by atoms with Crippen molar-refractivity contribution in [2.24, 2.45) is 0 Å². The van der Waals surface area contributed by atoms with Crippen molar-refractivity contribution in [2.75, 3.05) is 6.61 Å². The van der Waals surface area contributed by atoms with Gasteiger partial charge in [-0.25, -0.2) is 9.78 Å². The minimum atomic E-state index is -0.0890. The summed E-state index contributed by atoms with van der Waals surface area (Å²) >= 11 is 0. The molecule has 1 aliphatic carbocycles. The van der Waals surface area contributed by atoms with Crippen molar-refractivity contribution in [1.82, 2.24) is 5.32 Å². The van der Waals surface area contributed by atoms with Gasteiger partial charge in [0.05, 0.1) is 12.1 Å². The lowest BCUT2D eigenvalue weighted by molar-refractivity contribution is -0.315. The van der Waals surface area contributed by atoms with Crippen molar-refractivity contribution in [3.8, 4) is 0 Å². The molecule has 15 heavy (non-hydrogen) atoms. The molecule has 2 heterocycles. The molecule has 3 rings (SSSR count). The van der Waals surface area contributed by atoms with Gasteiger partial charge in [0.2, 0.25) is 5.91 Å². The molecule has 2 fully saturated rings. The van der Waals surface area contributed by atoms with E-state index in [0.717, 1.165) is 32.1 Å². The second-order valence-electron chi connectivity index (χ2n) is 4.82. The molecule has 3 aliphatic rings. The lowest BCUT2D eigenvalue weighted by Crippen LogP contribution is -2.49. The average molecular weight is 209 g/mol. The molecular weight excluding hydrogens is 194 g/mol. The Labute approximate surface area is 88.5 Å². The van der Waals surface area contributed by atoms with Gasteiger partial charge in [0.1, 0.15) is 5.60 Å². The van der Waals surface area contributed by atoms with Crippen LogP contribution in [0.25, 0.3) is 0 Å².